The fraction of sp³-hybridized carbons (Fsp3) is 0.381. The van der Waals surface area contributed by atoms with Gasteiger partial charge in [0.15, 0.2) is 0 Å². The van der Waals surface area contributed by atoms with Crippen LogP contribution < -0.4 is 10.1 Å². The molecule has 0 aliphatic heterocycles. The number of unbranched alkanes of at least 4 members (excludes halogenated alkanes) is 2. The summed E-state index contributed by atoms with van der Waals surface area (Å²) in [5.74, 6) is 0.705. The first-order chi connectivity index (χ1) is 11.7. The lowest BCUT2D eigenvalue weighted by molar-refractivity contribution is 0.102. The molecule has 3 nitrogen and oxygen atoms in total. The SMILES string of the molecule is CCCCOc1ccc(C(=O)Nc2ccc(CCCC)cc2)cc1. The first kappa shape index (κ1) is 18.1. The van der Waals surface area contributed by atoms with Crippen LogP contribution in [0.4, 0.5) is 5.69 Å². The molecule has 0 bridgehead atoms. The van der Waals surface area contributed by atoms with Crippen molar-refractivity contribution in [3.05, 3.63) is 59.7 Å². The first-order valence-corrected chi connectivity index (χ1v) is 8.86. The summed E-state index contributed by atoms with van der Waals surface area (Å²) in [7, 11) is 0. The Morgan fingerprint density at radius 2 is 1.58 bits per heavy atom. The molecule has 1 amide bonds. The number of anilines is 1. The molecule has 0 fully saturated rings. The second-order valence-electron chi connectivity index (χ2n) is 5.98. The largest absolute Gasteiger partial charge is 0.494 e. The van der Waals surface area contributed by atoms with E-state index in [1.54, 1.807) is 12.1 Å². The van der Waals surface area contributed by atoms with E-state index >= 15 is 0 Å². The summed E-state index contributed by atoms with van der Waals surface area (Å²) in [6, 6.07) is 15.4. The highest BCUT2D eigenvalue weighted by molar-refractivity contribution is 6.04. The molecular formula is C21H27NO2. The minimum Gasteiger partial charge on any atom is -0.494 e. The van der Waals surface area contributed by atoms with Crippen LogP contribution in [0.2, 0.25) is 0 Å². The molecule has 0 radical (unpaired) electrons. The third kappa shape index (κ3) is 5.73. The average Bonchev–Trinajstić information content (AvgIpc) is 2.62. The van der Waals surface area contributed by atoms with Crippen LogP contribution in [-0.4, -0.2) is 12.5 Å². The Labute approximate surface area is 145 Å². The lowest BCUT2D eigenvalue weighted by Gasteiger charge is -2.08. The number of aryl methyl sites for hydroxylation is 1. The summed E-state index contributed by atoms with van der Waals surface area (Å²) >= 11 is 0. The van der Waals surface area contributed by atoms with Gasteiger partial charge in [-0.3, -0.25) is 4.79 Å². The molecule has 0 spiro atoms. The number of hydrogen-bond acceptors (Lipinski definition) is 2. The smallest absolute Gasteiger partial charge is 0.255 e. The van der Waals surface area contributed by atoms with E-state index in [9.17, 15) is 4.79 Å². The van der Waals surface area contributed by atoms with Crippen molar-refractivity contribution in [1.29, 1.82) is 0 Å². The minimum atomic E-state index is -0.101. The summed E-state index contributed by atoms with van der Waals surface area (Å²) < 4.78 is 5.61. The Morgan fingerprint density at radius 1 is 0.917 bits per heavy atom. The van der Waals surface area contributed by atoms with Crippen LogP contribution in [0.1, 0.15) is 55.5 Å². The van der Waals surface area contributed by atoms with Crippen molar-refractivity contribution in [3.8, 4) is 5.75 Å². The molecule has 0 saturated heterocycles. The summed E-state index contributed by atoms with van der Waals surface area (Å²) in [6.07, 6.45) is 5.62. The molecule has 2 aromatic carbocycles. The molecule has 24 heavy (non-hydrogen) atoms. The highest BCUT2D eigenvalue weighted by Crippen LogP contribution is 2.16. The monoisotopic (exact) mass is 325 g/mol. The fourth-order valence-corrected chi connectivity index (χ4v) is 2.38. The normalized spacial score (nSPS) is 10.4. The van der Waals surface area contributed by atoms with Gasteiger partial charge in [0.05, 0.1) is 6.61 Å². The second kappa shape index (κ2) is 9.76. The molecule has 0 aromatic heterocycles. The van der Waals surface area contributed by atoms with Crippen molar-refractivity contribution >= 4 is 11.6 Å². The summed E-state index contributed by atoms with van der Waals surface area (Å²) in [6.45, 7) is 5.04. The molecular weight excluding hydrogens is 298 g/mol. The number of amides is 1. The van der Waals surface area contributed by atoms with Crippen molar-refractivity contribution in [2.45, 2.75) is 46.0 Å². The summed E-state index contributed by atoms with van der Waals surface area (Å²) in [5.41, 5.74) is 2.76. The number of benzene rings is 2. The van der Waals surface area contributed by atoms with Gasteiger partial charge in [0.2, 0.25) is 0 Å². The van der Waals surface area contributed by atoms with Crippen LogP contribution in [0.3, 0.4) is 0 Å². The van der Waals surface area contributed by atoms with Gasteiger partial charge >= 0.3 is 0 Å². The van der Waals surface area contributed by atoms with E-state index in [2.05, 4.69) is 31.3 Å². The lowest BCUT2D eigenvalue weighted by atomic mass is 10.1. The zero-order valence-electron chi connectivity index (χ0n) is 14.7. The number of carbonyl (C=O) groups is 1. The quantitative estimate of drug-likeness (QED) is 0.622. The highest BCUT2D eigenvalue weighted by atomic mass is 16.5. The van der Waals surface area contributed by atoms with Gasteiger partial charge in [-0.15, -0.1) is 0 Å². The van der Waals surface area contributed by atoms with E-state index in [1.807, 2.05) is 24.3 Å². The second-order valence-corrected chi connectivity index (χ2v) is 5.98. The van der Waals surface area contributed by atoms with Crippen LogP contribution in [0, 0.1) is 0 Å². The Balaban J connectivity index is 1.89. The van der Waals surface area contributed by atoms with Crippen molar-refractivity contribution in [3.63, 3.8) is 0 Å². The van der Waals surface area contributed by atoms with Crippen molar-refractivity contribution in [2.75, 3.05) is 11.9 Å². The topological polar surface area (TPSA) is 38.3 Å². The van der Waals surface area contributed by atoms with Gasteiger partial charge in [-0.1, -0.05) is 38.8 Å². The predicted octanol–water partition coefficient (Wildman–Crippen LogP) is 5.46. The maximum Gasteiger partial charge on any atom is 0.255 e. The Kier molecular flexibility index (Phi) is 7.34. The van der Waals surface area contributed by atoms with Gasteiger partial charge in [-0.05, 0) is 61.2 Å². The van der Waals surface area contributed by atoms with Gasteiger partial charge in [0.1, 0.15) is 5.75 Å². The fourth-order valence-electron chi connectivity index (χ4n) is 2.38. The zero-order chi connectivity index (χ0) is 17.2. The van der Waals surface area contributed by atoms with Crippen LogP contribution in [0.25, 0.3) is 0 Å². The summed E-state index contributed by atoms with van der Waals surface area (Å²) in [5, 5.41) is 2.93. The van der Waals surface area contributed by atoms with Crippen molar-refractivity contribution in [2.24, 2.45) is 0 Å². The molecule has 2 rings (SSSR count). The molecule has 2 aromatic rings. The Hall–Kier alpha value is -2.29. The molecule has 0 atom stereocenters. The summed E-state index contributed by atoms with van der Waals surface area (Å²) in [4.78, 5) is 12.3. The molecule has 3 heteroatoms. The van der Waals surface area contributed by atoms with E-state index in [4.69, 9.17) is 4.74 Å². The van der Waals surface area contributed by atoms with Gasteiger partial charge in [0.25, 0.3) is 5.91 Å². The maximum absolute atomic E-state index is 12.3. The standard InChI is InChI=1S/C21H27NO2/c1-3-5-7-17-8-12-19(13-9-17)22-21(23)18-10-14-20(15-11-18)24-16-6-4-2/h8-15H,3-7,16H2,1-2H3,(H,22,23). The minimum absolute atomic E-state index is 0.101. The predicted molar refractivity (Wildman–Crippen MR) is 99.9 cm³/mol. The number of nitrogens with one attached hydrogen (secondary N) is 1. The van der Waals surface area contributed by atoms with Crippen LogP contribution >= 0.6 is 0 Å². The zero-order valence-corrected chi connectivity index (χ0v) is 14.7. The molecule has 0 aliphatic rings. The van der Waals surface area contributed by atoms with E-state index in [0.29, 0.717) is 12.2 Å². The Morgan fingerprint density at radius 3 is 2.21 bits per heavy atom. The third-order valence-corrected chi connectivity index (χ3v) is 3.91. The molecule has 1 N–H and O–H groups in total. The molecule has 0 unspecified atom stereocenters. The van der Waals surface area contributed by atoms with Crippen molar-refractivity contribution < 1.29 is 9.53 Å². The van der Waals surface area contributed by atoms with Crippen LogP contribution in [-0.2, 0) is 6.42 Å². The van der Waals surface area contributed by atoms with E-state index in [1.165, 1.54) is 18.4 Å². The van der Waals surface area contributed by atoms with Gasteiger partial charge in [-0.2, -0.15) is 0 Å². The highest BCUT2D eigenvalue weighted by Gasteiger charge is 2.06. The molecule has 128 valence electrons. The molecule has 0 aliphatic carbocycles. The van der Waals surface area contributed by atoms with Gasteiger partial charge < -0.3 is 10.1 Å². The lowest BCUT2D eigenvalue weighted by Crippen LogP contribution is -2.11. The average molecular weight is 325 g/mol. The number of carbonyl (C=O) groups excluding carboxylic acids is 1. The van der Waals surface area contributed by atoms with Crippen LogP contribution in [0.15, 0.2) is 48.5 Å². The first-order valence-electron chi connectivity index (χ1n) is 8.86. The maximum atomic E-state index is 12.3. The number of ether oxygens (including phenoxy) is 1. The van der Waals surface area contributed by atoms with Crippen LogP contribution in [0.5, 0.6) is 5.75 Å². The van der Waals surface area contributed by atoms with E-state index < -0.39 is 0 Å². The van der Waals surface area contributed by atoms with Crippen molar-refractivity contribution in [1.82, 2.24) is 0 Å². The van der Waals surface area contributed by atoms with Gasteiger partial charge in [0, 0.05) is 11.3 Å². The number of rotatable bonds is 9. The van der Waals surface area contributed by atoms with E-state index in [-0.39, 0.29) is 5.91 Å². The number of hydrogen-bond donors (Lipinski definition) is 1. The van der Waals surface area contributed by atoms with Gasteiger partial charge in [-0.25, -0.2) is 0 Å². The Bertz CT molecular complexity index is 617. The molecule has 0 saturated carbocycles. The molecule has 0 heterocycles. The van der Waals surface area contributed by atoms with E-state index in [0.717, 1.165) is 30.7 Å². The third-order valence-electron chi connectivity index (χ3n) is 3.91.